The zero-order chi connectivity index (χ0) is 16.0. The van der Waals surface area contributed by atoms with Crippen LogP contribution in [0.4, 0.5) is 9.18 Å². The predicted molar refractivity (Wildman–Crippen MR) is 81.6 cm³/mol. The summed E-state index contributed by atoms with van der Waals surface area (Å²) >= 11 is 0. The first-order chi connectivity index (χ1) is 9.70. The number of rotatable bonds is 6. The summed E-state index contributed by atoms with van der Waals surface area (Å²) in [7, 11) is 0. The molecule has 2 unspecified atom stereocenters. The van der Waals surface area contributed by atoms with E-state index in [4.69, 9.17) is 0 Å². The van der Waals surface area contributed by atoms with Crippen LogP contribution in [0.5, 0.6) is 0 Å². The normalized spacial score (nSPS) is 15.4. The average Bonchev–Trinajstić information content (AvgIpc) is 2.36. The van der Waals surface area contributed by atoms with Crippen LogP contribution >= 0.6 is 0 Å². The molecule has 1 aromatic carbocycles. The van der Waals surface area contributed by atoms with Crippen molar-refractivity contribution in [3.05, 3.63) is 35.6 Å². The molecule has 4 nitrogen and oxygen atoms in total. The van der Waals surface area contributed by atoms with Gasteiger partial charge >= 0.3 is 6.03 Å². The summed E-state index contributed by atoms with van der Waals surface area (Å²) in [5.41, 5.74) is -0.111. The minimum Gasteiger partial charge on any atom is -0.388 e. The van der Waals surface area contributed by atoms with E-state index in [2.05, 4.69) is 10.6 Å². The monoisotopic (exact) mass is 296 g/mol. The van der Waals surface area contributed by atoms with Crippen molar-refractivity contribution in [2.75, 3.05) is 6.54 Å². The Labute approximate surface area is 125 Å². The maximum absolute atomic E-state index is 13.1. The molecule has 118 valence electrons. The lowest BCUT2D eigenvalue weighted by Gasteiger charge is -2.28. The molecule has 0 aliphatic rings. The third-order valence-corrected chi connectivity index (χ3v) is 3.66. The molecule has 5 heteroatoms. The summed E-state index contributed by atoms with van der Waals surface area (Å²) in [4.78, 5) is 11.8. The molecular weight excluding hydrogens is 271 g/mol. The van der Waals surface area contributed by atoms with Gasteiger partial charge in [-0.2, -0.15) is 0 Å². The van der Waals surface area contributed by atoms with Crippen molar-refractivity contribution < 1.29 is 14.3 Å². The number of urea groups is 1. The van der Waals surface area contributed by atoms with Crippen LogP contribution in [0.2, 0.25) is 0 Å². The van der Waals surface area contributed by atoms with E-state index in [1.165, 1.54) is 12.1 Å². The smallest absolute Gasteiger partial charge is 0.315 e. The molecule has 0 aliphatic heterocycles. The molecule has 1 rings (SSSR count). The first-order valence-corrected chi connectivity index (χ1v) is 7.22. The van der Waals surface area contributed by atoms with Gasteiger partial charge in [-0.1, -0.05) is 26.0 Å². The molecule has 0 saturated heterocycles. The number of nitrogens with one attached hydrogen (secondary N) is 2. The number of carbonyl (C=O) groups excluding carboxylic acids is 1. The van der Waals surface area contributed by atoms with Crippen LogP contribution in [0.15, 0.2) is 24.3 Å². The van der Waals surface area contributed by atoms with Crippen molar-refractivity contribution in [1.29, 1.82) is 0 Å². The standard InChI is InChI=1S/C16H25FN2O2/c1-11(2)16(4,21)10-18-15(20)19-12(3)8-13-6-5-7-14(17)9-13/h5-7,9,11-12,21H,8,10H2,1-4H3,(H2,18,19,20). The molecule has 2 atom stereocenters. The van der Waals surface area contributed by atoms with Crippen molar-refractivity contribution in [2.45, 2.75) is 45.8 Å². The number of aliphatic hydroxyl groups is 1. The maximum atomic E-state index is 13.1. The van der Waals surface area contributed by atoms with E-state index in [1.54, 1.807) is 13.0 Å². The van der Waals surface area contributed by atoms with E-state index >= 15 is 0 Å². The van der Waals surface area contributed by atoms with Crippen LogP contribution in [-0.4, -0.2) is 29.3 Å². The van der Waals surface area contributed by atoms with Gasteiger partial charge in [0.05, 0.1) is 5.60 Å². The van der Waals surface area contributed by atoms with Crippen molar-refractivity contribution in [3.63, 3.8) is 0 Å². The average molecular weight is 296 g/mol. The van der Waals surface area contributed by atoms with Gasteiger partial charge in [-0.15, -0.1) is 0 Å². The molecule has 0 saturated carbocycles. The van der Waals surface area contributed by atoms with Gasteiger partial charge in [0.1, 0.15) is 5.82 Å². The molecule has 0 heterocycles. The largest absolute Gasteiger partial charge is 0.388 e. The number of carbonyl (C=O) groups is 1. The summed E-state index contributed by atoms with van der Waals surface area (Å²) in [5.74, 6) is -0.236. The molecule has 0 radical (unpaired) electrons. The Morgan fingerprint density at radius 1 is 1.38 bits per heavy atom. The fourth-order valence-corrected chi connectivity index (χ4v) is 1.81. The highest BCUT2D eigenvalue weighted by Gasteiger charge is 2.25. The first kappa shape index (κ1) is 17.4. The Kier molecular flexibility index (Phi) is 6.15. The molecule has 21 heavy (non-hydrogen) atoms. The Bertz CT molecular complexity index is 475. The Morgan fingerprint density at radius 2 is 2.05 bits per heavy atom. The summed E-state index contributed by atoms with van der Waals surface area (Å²) in [6.45, 7) is 7.51. The summed E-state index contributed by atoms with van der Waals surface area (Å²) in [6.07, 6.45) is 0.547. The van der Waals surface area contributed by atoms with Crippen LogP contribution in [0.1, 0.15) is 33.3 Å². The molecule has 1 aromatic rings. The van der Waals surface area contributed by atoms with E-state index in [9.17, 15) is 14.3 Å². The van der Waals surface area contributed by atoms with E-state index in [1.807, 2.05) is 26.8 Å². The molecule has 2 amide bonds. The van der Waals surface area contributed by atoms with Gasteiger partial charge in [-0.05, 0) is 43.9 Å². The van der Waals surface area contributed by atoms with Gasteiger partial charge in [0.25, 0.3) is 0 Å². The van der Waals surface area contributed by atoms with Crippen molar-refractivity contribution in [3.8, 4) is 0 Å². The Balaban J connectivity index is 2.41. The zero-order valence-electron chi connectivity index (χ0n) is 13.1. The van der Waals surface area contributed by atoms with Crippen LogP contribution in [0.3, 0.4) is 0 Å². The first-order valence-electron chi connectivity index (χ1n) is 7.22. The lowest BCUT2D eigenvalue weighted by atomic mass is 9.93. The Hall–Kier alpha value is -1.62. The number of benzene rings is 1. The van der Waals surface area contributed by atoms with Gasteiger partial charge in [0.15, 0.2) is 0 Å². The topological polar surface area (TPSA) is 61.4 Å². The number of halogens is 1. The summed E-state index contributed by atoms with van der Waals surface area (Å²) in [5, 5.41) is 15.5. The minimum absolute atomic E-state index is 0.0440. The van der Waals surface area contributed by atoms with E-state index in [0.717, 1.165) is 5.56 Å². The molecule has 3 N–H and O–H groups in total. The lowest BCUT2D eigenvalue weighted by Crippen LogP contribution is -2.49. The lowest BCUT2D eigenvalue weighted by molar-refractivity contribution is 0.0165. The molecule has 0 spiro atoms. The minimum atomic E-state index is -0.941. The van der Waals surface area contributed by atoms with Gasteiger partial charge in [-0.25, -0.2) is 9.18 Å². The fourth-order valence-electron chi connectivity index (χ4n) is 1.81. The second-order valence-electron chi connectivity index (χ2n) is 6.07. The summed E-state index contributed by atoms with van der Waals surface area (Å²) < 4.78 is 13.1. The van der Waals surface area contributed by atoms with Crippen molar-refractivity contribution in [2.24, 2.45) is 5.92 Å². The van der Waals surface area contributed by atoms with E-state index < -0.39 is 5.60 Å². The maximum Gasteiger partial charge on any atom is 0.315 e. The van der Waals surface area contributed by atoms with Gasteiger partial charge in [0.2, 0.25) is 0 Å². The molecule has 0 aliphatic carbocycles. The van der Waals surface area contributed by atoms with Crippen molar-refractivity contribution in [1.82, 2.24) is 10.6 Å². The van der Waals surface area contributed by atoms with E-state index in [-0.39, 0.29) is 30.4 Å². The highest BCUT2D eigenvalue weighted by atomic mass is 19.1. The van der Waals surface area contributed by atoms with Crippen molar-refractivity contribution >= 4 is 6.03 Å². The number of amides is 2. The third-order valence-electron chi connectivity index (χ3n) is 3.66. The SMILES string of the molecule is CC(Cc1cccc(F)c1)NC(=O)NCC(C)(O)C(C)C. The molecular formula is C16H25FN2O2. The van der Waals surface area contributed by atoms with Crippen LogP contribution in [0.25, 0.3) is 0 Å². The fraction of sp³-hybridized carbons (Fsp3) is 0.562. The second-order valence-corrected chi connectivity index (χ2v) is 6.07. The van der Waals surface area contributed by atoms with Crippen LogP contribution in [-0.2, 0) is 6.42 Å². The van der Waals surface area contributed by atoms with Crippen LogP contribution < -0.4 is 10.6 Å². The van der Waals surface area contributed by atoms with Gasteiger partial charge < -0.3 is 15.7 Å². The summed E-state index contributed by atoms with van der Waals surface area (Å²) in [6, 6.07) is 5.86. The zero-order valence-corrected chi connectivity index (χ0v) is 13.1. The highest BCUT2D eigenvalue weighted by molar-refractivity contribution is 5.74. The Morgan fingerprint density at radius 3 is 2.62 bits per heavy atom. The highest BCUT2D eigenvalue weighted by Crippen LogP contribution is 2.14. The molecule has 0 aromatic heterocycles. The third kappa shape index (κ3) is 6.12. The predicted octanol–water partition coefficient (Wildman–Crippen LogP) is 2.46. The van der Waals surface area contributed by atoms with Gasteiger partial charge in [0, 0.05) is 12.6 Å². The van der Waals surface area contributed by atoms with E-state index in [0.29, 0.717) is 6.42 Å². The quantitative estimate of drug-likeness (QED) is 0.755. The number of hydrogen-bond acceptors (Lipinski definition) is 2. The number of hydrogen-bond donors (Lipinski definition) is 3. The van der Waals surface area contributed by atoms with Gasteiger partial charge in [-0.3, -0.25) is 0 Å². The molecule has 0 bridgehead atoms. The molecule has 0 fully saturated rings. The van der Waals surface area contributed by atoms with Crippen LogP contribution in [0, 0.1) is 11.7 Å². The second kappa shape index (κ2) is 7.41.